The number of amidine groups is 2. The van der Waals surface area contributed by atoms with Gasteiger partial charge in [0.1, 0.15) is 18.4 Å². The van der Waals surface area contributed by atoms with E-state index < -0.39 is 0 Å². The average Bonchev–Trinajstić information content (AvgIpc) is 3.38. The second-order valence-electron chi connectivity index (χ2n) is 11.7. The standard InChI is InChI=1S/C16H24N2.C14H20N2O/c1-16(2,3)14-9-7-13(8-10-14)15(17)18-11-5-4-6-12-18;1-14(2,3)12-6-4-11(5-7-12)13(15)16-8-9-17-10-16/h7-10,17H,4-6,11-12H2,1-3H3;4-7,15H,8-10H2,1-3H3. The van der Waals surface area contributed by atoms with Crippen molar-refractivity contribution in [1.29, 1.82) is 10.8 Å². The Morgan fingerprint density at radius 1 is 0.629 bits per heavy atom. The van der Waals surface area contributed by atoms with Crippen LogP contribution in [0.2, 0.25) is 0 Å². The van der Waals surface area contributed by atoms with E-state index in [9.17, 15) is 0 Å². The van der Waals surface area contributed by atoms with Gasteiger partial charge in [0.25, 0.3) is 0 Å². The van der Waals surface area contributed by atoms with E-state index in [2.05, 4.69) is 82.8 Å². The first-order chi connectivity index (χ1) is 16.5. The molecule has 0 atom stereocenters. The topological polar surface area (TPSA) is 63.4 Å². The molecule has 0 amide bonds. The molecule has 2 aromatic carbocycles. The number of ether oxygens (including phenoxy) is 1. The molecule has 2 N–H and O–H groups in total. The van der Waals surface area contributed by atoms with E-state index in [1.165, 1.54) is 30.4 Å². The number of benzene rings is 2. The number of nitrogens with one attached hydrogen (secondary N) is 2. The summed E-state index contributed by atoms with van der Waals surface area (Å²) in [5.74, 6) is 1.25. The molecule has 190 valence electrons. The molecule has 0 aromatic heterocycles. The number of hydrogen-bond donors (Lipinski definition) is 2. The third-order valence-corrected chi connectivity index (χ3v) is 6.79. The third-order valence-electron chi connectivity index (χ3n) is 6.79. The zero-order chi connectivity index (χ0) is 25.6. The molecule has 2 aliphatic heterocycles. The number of hydrogen-bond acceptors (Lipinski definition) is 3. The molecule has 5 heteroatoms. The van der Waals surface area contributed by atoms with Crippen LogP contribution < -0.4 is 0 Å². The van der Waals surface area contributed by atoms with Gasteiger partial charge in [-0.2, -0.15) is 0 Å². The summed E-state index contributed by atoms with van der Waals surface area (Å²) in [6.07, 6.45) is 3.76. The van der Waals surface area contributed by atoms with Crippen molar-refractivity contribution in [3.63, 3.8) is 0 Å². The largest absolute Gasteiger partial charge is 0.359 e. The van der Waals surface area contributed by atoms with Gasteiger partial charge < -0.3 is 14.5 Å². The smallest absolute Gasteiger partial charge is 0.129 e. The minimum Gasteiger partial charge on any atom is -0.359 e. The number of likely N-dealkylation sites (tertiary alicyclic amines) is 1. The van der Waals surface area contributed by atoms with Crippen molar-refractivity contribution < 1.29 is 4.74 Å². The van der Waals surface area contributed by atoms with Crippen molar-refractivity contribution in [2.45, 2.75) is 71.6 Å². The monoisotopic (exact) mass is 476 g/mol. The Bertz CT molecular complexity index is 969. The number of nitrogens with zero attached hydrogens (tertiary/aromatic N) is 2. The zero-order valence-corrected chi connectivity index (χ0v) is 22.6. The molecule has 0 aliphatic carbocycles. The predicted molar refractivity (Wildman–Crippen MR) is 147 cm³/mol. The molecule has 0 radical (unpaired) electrons. The zero-order valence-electron chi connectivity index (χ0n) is 22.6. The van der Waals surface area contributed by atoms with Gasteiger partial charge in [-0.3, -0.25) is 10.8 Å². The van der Waals surface area contributed by atoms with Crippen LogP contribution in [0.1, 0.15) is 83.1 Å². The third kappa shape index (κ3) is 7.41. The Balaban J connectivity index is 0.000000196. The van der Waals surface area contributed by atoms with Crippen LogP contribution in [0.25, 0.3) is 0 Å². The van der Waals surface area contributed by atoms with Crippen LogP contribution in [0, 0.1) is 10.8 Å². The van der Waals surface area contributed by atoms with E-state index in [0.29, 0.717) is 18.4 Å². The highest BCUT2D eigenvalue weighted by atomic mass is 16.5. The summed E-state index contributed by atoms with van der Waals surface area (Å²) in [7, 11) is 0. The molecule has 2 fully saturated rings. The van der Waals surface area contributed by atoms with Gasteiger partial charge in [-0.25, -0.2) is 0 Å². The van der Waals surface area contributed by atoms with Gasteiger partial charge in [-0.05, 0) is 41.2 Å². The lowest BCUT2D eigenvalue weighted by Gasteiger charge is -2.29. The molecular formula is C30H44N4O. The van der Waals surface area contributed by atoms with E-state index in [-0.39, 0.29) is 10.8 Å². The number of rotatable bonds is 2. The van der Waals surface area contributed by atoms with Gasteiger partial charge >= 0.3 is 0 Å². The molecule has 0 spiro atoms. The lowest BCUT2D eigenvalue weighted by Crippen LogP contribution is -2.35. The van der Waals surface area contributed by atoms with Crippen LogP contribution in [0.3, 0.4) is 0 Å². The normalized spacial score (nSPS) is 16.5. The fourth-order valence-electron chi connectivity index (χ4n) is 4.33. The summed E-state index contributed by atoms with van der Waals surface area (Å²) >= 11 is 0. The van der Waals surface area contributed by atoms with Crippen LogP contribution in [-0.4, -0.2) is 54.4 Å². The van der Waals surface area contributed by atoms with Gasteiger partial charge in [-0.15, -0.1) is 0 Å². The fraction of sp³-hybridized carbons (Fsp3) is 0.533. The molecule has 4 rings (SSSR count). The van der Waals surface area contributed by atoms with Crippen LogP contribution in [-0.2, 0) is 15.6 Å². The first kappa shape index (κ1) is 26.9. The van der Waals surface area contributed by atoms with Gasteiger partial charge in [0.15, 0.2) is 0 Å². The Kier molecular flexibility index (Phi) is 8.76. The van der Waals surface area contributed by atoms with Crippen molar-refractivity contribution >= 4 is 11.7 Å². The fourth-order valence-corrected chi connectivity index (χ4v) is 4.33. The van der Waals surface area contributed by atoms with Crippen molar-refractivity contribution in [2.75, 3.05) is 33.0 Å². The average molecular weight is 477 g/mol. The highest BCUT2D eigenvalue weighted by Gasteiger charge is 2.19. The van der Waals surface area contributed by atoms with Gasteiger partial charge in [0.2, 0.25) is 0 Å². The summed E-state index contributed by atoms with van der Waals surface area (Å²) in [5.41, 5.74) is 4.99. The minimum absolute atomic E-state index is 0.164. The van der Waals surface area contributed by atoms with Crippen molar-refractivity contribution in [1.82, 2.24) is 9.80 Å². The van der Waals surface area contributed by atoms with Crippen LogP contribution in [0.15, 0.2) is 48.5 Å². The number of piperidine rings is 1. The Morgan fingerprint density at radius 2 is 1.06 bits per heavy atom. The molecule has 0 bridgehead atoms. The molecule has 2 aromatic rings. The highest BCUT2D eigenvalue weighted by molar-refractivity contribution is 5.97. The Labute approximate surface area is 212 Å². The van der Waals surface area contributed by atoms with E-state index in [1.807, 2.05) is 17.0 Å². The van der Waals surface area contributed by atoms with Crippen LogP contribution in [0.5, 0.6) is 0 Å². The van der Waals surface area contributed by atoms with Crippen molar-refractivity contribution in [3.05, 3.63) is 70.8 Å². The summed E-state index contributed by atoms with van der Waals surface area (Å²) in [5, 5.41) is 16.4. The van der Waals surface area contributed by atoms with E-state index in [0.717, 1.165) is 37.4 Å². The summed E-state index contributed by atoms with van der Waals surface area (Å²) in [6.45, 7) is 17.4. The molecule has 2 saturated heterocycles. The van der Waals surface area contributed by atoms with Crippen LogP contribution >= 0.6 is 0 Å². The maximum absolute atomic E-state index is 8.28. The molecule has 0 saturated carbocycles. The van der Waals surface area contributed by atoms with Crippen molar-refractivity contribution in [3.8, 4) is 0 Å². The quantitative estimate of drug-likeness (QED) is 0.390. The second-order valence-corrected chi connectivity index (χ2v) is 11.7. The van der Waals surface area contributed by atoms with Crippen molar-refractivity contribution in [2.24, 2.45) is 0 Å². The SMILES string of the molecule is CC(C)(C)c1ccc(C(=N)N2CCCCC2)cc1.CC(C)(C)c1ccc(C(=N)N2CCOC2)cc1. The van der Waals surface area contributed by atoms with E-state index in [4.69, 9.17) is 15.6 Å². The molecule has 5 nitrogen and oxygen atoms in total. The lowest BCUT2D eigenvalue weighted by atomic mass is 9.86. The maximum Gasteiger partial charge on any atom is 0.129 e. The van der Waals surface area contributed by atoms with Crippen LogP contribution in [0.4, 0.5) is 0 Å². The molecule has 2 heterocycles. The summed E-state index contributed by atoms with van der Waals surface area (Å²) in [4.78, 5) is 4.15. The highest BCUT2D eigenvalue weighted by Crippen LogP contribution is 2.24. The Hall–Kier alpha value is -2.66. The minimum atomic E-state index is 0.164. The molecular weight excluding hydrogens is 432 g/mol. The molecule has 35 heavy (non-hydrogen) atoms. The van der Waals surface area contributed by atoms with Gasteiger partial charge in [0.05, 0.1) is 6.61 Å². The molecule has 0 unspecified atom stereocenters. The van der Waals surface area contributed by atoms with Gasteiger partial charge in [-0.1, -0.05) is 90.1 Å². The maximum atomic E-state index is 8.28. The summed E-state index contributed by atoms with van der Waals surface area (Å²) < 4.78 is 5.26. The van der Waals surface area contributed by atoms with E-state index in [1.54, 1.807) is 0 Å². The van der Waals surface area contributed by atoms with Gasteiger partial charge in [0, 0.05) is 30.8 Å². The Morgan fingerprint density at radius 3 is 1.43 bits per heavy atom. The summed E-state index contributed by atoms with van der Waals surface area (Å²) in [6, 6.07) is 16.8. The first-order valence-corrected chi connectivity index (χ1v) is 12.9. The lowest BCUT2D eigenvalue weighted by molar-refractivity contribution is 0.168. The second kappa shape index (κ2) is 11.4. The first-order valence-electron chi connectivity index (χ1n) is 12.9. The molecule has 2 aliphatic rings. The van der Waals surface area contributed by atoms with E-state index >= 15 is 0 Å². The predicted octanol–water partition coefficient (Wildman–Crippen LogP) is 6.39.